The third-order valence-electron chi connectivity index (χ3n) is 7.23. The third-order valence-corrected chi connectivity index (χ3v) is 9.03. The molecule has 0 radical (unpaired) electrons. The van der Waals surface area contributed by atoms with E-state index in [-0.39, 0.29) is 11.6 Å². The fourth-order valence-corrected chi connectivity index (χ4v) is 7.06. The summed E-state index contributed by atoms with van der Waals surface area (Å²) in [7, 11) is -4.16. The number of carbonyl (C=O) groups excluding carboxylic acids is 1. The molecule has 4 atom stereocenters. The Labute approximate surface area is 247 Å². The molecule has 1 heterocycles. The molecule has 1 saturated heterocycles. The second-order valence-corrected chi connectivity index (χ2v) is 12.8. The van der Waals surface area contributed by atoms with Crippen LogP contribution in [0.4, 0.5) is 10.1 Å². The fourth-order valence-electron chi connectivity index (χ4n) is 5.26. The molecule has 2 N–H and O–H groups in total. The van der Waals surface area contributed by atoms with Crippen molar-refractivity contribution in [1.29, 1.82) is 0 Å². The lowest BCUT2D eigenvalue weighted by Gasteiger charge is -2.48. The van der Waals surface area contributed by atoms with Gasteiger partial charge >= 0.3 is 5.97 Å². The van der Waals surface area contributed by atoms with Gasteiger partial charge < -0.3 is 14.7 Å². The van der Waals surface area contributed by atoms with Gasteiger partial charge in [0.1, 0.15) is 18.0 Å². The first-order valence-electron chi connectivity index (χ1n) is 13.0. The molecule has 0 unspecified atom stereocenters. The number of morpholine rings is 1. The summed E-state index contributed by atoms with van der Waals surface area (Å²) in [6.07, 6.45) is -1.52. The molecule has 41 heavy (non-hydrogen) atoms. The van der Waals surface area contributed by atoms with Crippen molar-refractivity contribution in [3.63, 3.8) is 0 Å². The predicted molar refractivity (Wildman–Crippen MR) is 153 cm³/mol. The number of aliphatic carboxylic acids is 1. The molecule has 0 aromatic heterocycles. The molecule has 0 bridgehead atoms. The number of nitrogens with zero attached hydrogens (tertiary/aromatic N) is 1. The van der Waals surface area contributed by atoms with Gasteiger partial charge in [-0.15, -0.1) is 0 Å². The molecule has 1 amide bonds. The second-order valence-electron chi connectivity index (χ2n) is 10.2. The van der Waals surface area contributed by atoms with Gasteiger partial charge in [0.05, 0.1) is 29.9 Å². The number of hydrogen-bond donors (Lipinski definition) is 2. The first kappa shape index (κ1) is 29.3. The molecule has 1 aliphatic carbocycles. The van der Waals surface area contributed by atoms with Gasteiger partial charge in [0.2, 0.25) is 10.0 Å². The van der Waals surface area contributed by atoms with Crippen LogP contribution in [-0.2, 0) is 24.3 Å². The van der Waals surface area contributed by atoms with Crippen LogP contribution in [0.1, 0.15) is 42.5 Å². The first-order chi connectivity index (χ1) is 19.5. The maximum Gasteiger partial charge on any atom is 0.306 e. The summed E-state index contributed by atoms with van der Waals surface area (Å²) in [5.41, 5.74) is 1.00. The second kappa shape index (κ2) is 12.0. The number of amides is 1. The maximum absolute atomic E-state index is 14.3. The van der Waals surface area contributed by atoms with Crippen molar-refractivity contribution in [2.45, 2.75) is 43.6 Å². The maximum atomic E-state index is 14.3. The Bertz CT molecular complexity index is 1550. The number of nitrogens with one attached hydrogen (secondary N) is 1. The largest absolute Gasteiger partial charge is 0.481 e. The number of carbonyl (C=O) groups is 2. The van der Waals surface area contributed by atoms with Crippen molar-refractivity contribution >= 4 is 50.8 Å². The highest BCUT2D eigenvalue weighted by atomic mass is 35.5. The van der Waals surface area contributed by atoms with Crippen molar-refractivity contribution in [2.75, 3.05) is 10.5 Å². The van der Waals surface area contributed by atoms with E-state index in [1.54, 1.807) is 48.5 Å². The molecule has 12 heteroatoms. The van der Waals surface area contributed by atoms with E-state index in [0.29, 0.717) is 34.0 Å². The summed E-state index contributed by atoms with van der Waals surface area (Å²) >= 11 is 12.5. The van der Waals surface area contributed by atoms with Crippen LogP contribution in [0.2, 0.25) is 10.0 Å². The highest BCUT2D eigenvalue weighted by molar-refractivity contribution is 7.92. The normalized spacial score (nSPS) is 21.9. The van der Waals surface area contributed by atoms with Crippen LogP contribution in [0.3, 0.4) is 0 Å². The summed E-state index contributed by atoms with van der Waals surface area (Å²) < 4.78 is 49.6. The molecule has 216 valence electrons. The Morgan fingerprint density at radius 1 is 1.02 bits per heavy atom. The Morgan fingerprint density at radius 3 is 2.37 bits per heavy atom. The number of anilines is 1. The molecule has 2 fully saturated rings. The van der Waals surface area contributed by atoms with Crippen LogP contribution in [0.5, 0.6) is 0 Å². The van der Waals surface area contributed by atoms with Gasteiger partial charge in [-0.25, -0.2) is 12.8 Å². The van der Waals surface area contributed by atoms with Crippen LogP contribution >= 0.6 is 23.2 Å². The summed E-state index contributed by atoms with van der Waals surface area (Å²) in [5, 5.41) is 10.5. The van der Waals surface area contributed by atoms with E-state index in [0.717, 1.165) is 6.07 Å². The number of para-hydroxylation sites is 1. The van der Waals surface area contributed by atoms with Crippen molar-refractivity contribution in [1.82, 2.24) is 4.90 Å². The minimum absolute atomic E-state index is 0.172. The van der Waals surface area contributed by atoms with Gasteiger partial charge in [-0.1, -0.05) is 59.6 Å². The molecule has 2 aliphatic rings. The predicted octanol–water partition coefficient (Wildman–Crippen LogP) is 5.84. The SMILES string of the molecule is O=C(O)C[C@H]1O[C@H](c2cccc(Cl)c2)[C@@H](c2ccc(Cl)cc2)N([C@H](CS(=O)(=O)Nc2ccccc2F)C2CC2)C1=O. The highest BCUT2D eigenvalue weighted by Crippen LogP contribution is 2.48. The summed E-state index contributed by atoms with van der Waals surface area (Å²) in [4.78, 5) is 27.3. The van der Waals surface area contributed by atoms with E-state index >= 15 is 0 Å². The van der Waals surface area contributed by atoms with Gasteiger partial charge in [-0.3, -0.25) is 14.3 Å². The number of rotatable bonds is 10. The fraction of sp³-hybridized carbons (Fsp3) is 0.310. The first-order valence-corrected chi connectivity index (χ1v) is 15.4. The molecule has 1 saturated carbocycles. The monoisotopic (exact) mass is 620 g/mol. The molecular formula is C29H27Cl2FN2O6S. The number of halogens is 3. The van der Waals surface area contributed by atoms with Gasteiger partial charge in [0.15, 0.2) is 0 Å². The average molecular weight is 622 g/mol. The van der Waals surface area contributed by atoms with Crippen molar-refractivity contribution < 1.29 is 32.2 Å². The van der Waals surface area contributed by atoms with Gasteiger partial charge in [-0.2, -0.15) is 0 Å². The summed E-state index contributed by atoms with van der Waals surface area (Å²) in [6, 6.07) is 17.3. The number of sulfonamides is 1. The zero-order valence-corrected chi connectivity index (χ0v) is 23.9. The van der Waals surface area contributed by atoms with E-state index in [4.69, 9.17) is 27.9 Å². The van der Waals surface area contributed by atoms with E-state index in [1.165, 1.54) is 23.1 Å². The van der Waals surface area contributed by atoms with Gasteiger partial charge in [0, 0.05) is 10.0 Å². The molecule has 3 aromatic rings. The summed E-state index contributed by atoms with van der Waals surface area (Å²) in [5.74, 6) is -3.31. The molecule has 1 aliphatic heterocycles. The van der Waals surface area contributed by atoms with Crippen LogP contribution < -0.4 is 4.72 Å². The van der Waals surface area contributed by atoms with Crippen molar-refractivity contribution in [3.05, 3.63) is 99.8 Å². The molecule has 3 aromatic carbocycles. The zero-order valence-electron chi connectivity index (χ0n) is 21.6. The minimum Gasteiger partial charge on any atom is -0.481 e. The quantitative estimate of drug-likeness (QED) is 0.294. The molecule has 8 nitrogen and oxygen atoms in total. The van der Waals surface area contributed by atoms with Crippen molar-refractivity contribution in [3.8, 4) is 0 Å². The Hall–Kier alpha value is -3.18. The number of carboxylic acids is 1. The Kier molecular flexibility index (Phi) is 8.56. The smallest absolute Gasteiger partial charge is 0.306 e. The van der Waals surface area contributed by atoms with E-state index < -0.39 is 64.2 Å². The average Bonchev–Trinajstić information content (AvgIpc) is 3.76. The number of ether oxygens (including phenoxy) is 1. The third kappa shape index (κ3) is 6.83. The van der Waals surface area contributed by atoms with Gasteiger partial charge in [0.25, 0.3) is 5.91 Å². The number of carboxylic acid groups (broad SMARTS) is 1. The van der Waals surface area contributed by atoms with Crippen molar-refractivity contribution in [2.24, 2.45) is 5.92 Å². The van der Waals surface area contributed by atoms with E-state index in [1.807, 2.05) is 0 Å². The lowest BCUT2D eigenvalue weighted by atomic mass is 9.89. The standard InChI is InChI=1S/C29H27Cl2FN2O6S/c30-20-12-10-18(11-13-20)27-28(19-4-3-5-21(31)14-19)40-25(15-26(35)36)29(37)34(27)24(17-8-9-17)16-41(38,39)33-23-7-2-1-6-22(23)32/h1-7,10-14,17,24-25,27-28,33H,8-9,15-16H2,(H,35,36)/t24-,25-,27-,28-/m1/s1. The van der Waals surface area contributed by atoms with Crippen LogP contribution in [0.15, 0.2) is 72.8 Å². The Morgan fingerprint density at radius 2 is 1.73 bits per heavy atom. The topological polar surface area (TPSA) is 113 Å². The van der Waals surface area contributed by atoms with E-state index in [2.05, 4.69) is 4.72 Å². The van der Waals surface area contributed by atoms with Gasteiger partial charge in [-0.05, 0) is 66.3 Å². The lowest BCUT2D eigenvalue weighted by Crippen LogP contribution is -2.57. The minimum atomic E-state index is -4.16. The number of benzene rings is 3. The molecule has 0 spiro atoms. The van der Waals surface area contributed by atoms with Crippen LogP contribution in [0, 0.1) is 11.7 Å². The zero-order chi connectivity index (χ0) is 29.3. The lowest BCUT2D eigenvalue weighted by molar-refractivity contribution is -0.183. The number of hydrogen-bond acceptors (Lipinski definition) is 5. The molecule has 5 rings (SSSR count). The van der Waals surface area contributed by atoms with E-state index in [9.17, 15) is 27.5 Å². The highest BCUT2D eigenvalue weighted by Gasteiger charge is 2.51. The Balaban J connectivity index is 1.61. The molecular weight excluding hydrogens is 594 g/mol. The summed E-state index contributed by atoms with van der Waals surface area (Å²) in [6.45, 7) is 0. The van der Waals surface area contributed by atoms with Crippen LogP contribution in [0.25, 0.3) is 0 Å². The van der Waals surface area contributed by atoms with Crippen LogP contribution in [-0.4, -0.2) is 48.2 Å².